The normalized spacial score (nSPS) is 21.9. The molecule has 1 fully saturated rings. The zero-order valence-corrected chi connectivity index (χ0v) is 15.9. The van der Waals surface area contributed by atoms with Gasteiger partial charge in [0.25, 0.3) is 5.91 Å². The molecule has 2 unspecified atom stereocenters. The van der Waals surface area contributed by atoms with Crippen molar-refractivity contribution in [2.45, 2.75) is 44.9 Å². The van der Waals surface area contributed by atoms with Gasteiger partial charge < -0.3 is 5.32 Å². The predicted molar refractivity (Wildman–Crippen MR) is 95.3 cm³/mol. The summed E-state index contributed by atoms with van der Waals surface area (Å²) in [5.74, 6) is -0.747. The number of hydrogen-bond acceptors (Lipinski definition) is 3. The first kappa shape index (κ1) is 19.8. The Morgan fingerprint density at radius 2 is 1.92 bits per heavy atom. The van der Waals surface area contributed by atoms with Crippen LogP contribution >= 0.6 is 0 Å². The quantitative estimate of drug-likeness (QED) is 0.783. The second-order valence-corrected chi connectivity index (χ2v) is 8.96. The summed E-state index contributed by atoms with van der Waals surface area (Å²) in [6.45, 7) is 7.36. The van der Waals surface area contributed by atoms with Crippen molar-refractivity contribution in [2.75, 3.05) is 19.6 Å². The van der Waals surface area contributed by atoms with Crippen LogP contribution in [0.2, 0.25) is 0 Å². The summed E-state index contributed by atoms with van der Waals surface area (Å²) in [6, 6.07) is 3.44. The van der Waals surface area contributed by atoms with Gasteiger partial charge in [-0.25, -0.2) is 12.8 Å². The van der Waals surface area contributed by atoms with Gasteiger partial charge in [-0.2, -0.15) is 4.31 Å². The molecular formula is C18H27FN2O3S. The minimum Gasteiger partial charge on any atom is -0.352 e. The van der Waals surface area contributed by atoms with Gasteiger partial charge in [0, 0.05) is 19.6 Å². The van der Waals surface area contributed by atoms with Crippen LogP contribution in [0, 0.1) is 17.7 Å². The van der Waals surface area contributed by atoms with Crippen molar-refractivity contribution < 1.29 is 17.6 Å². The largest absolute Gasteiger partial charge is 0.352 e. The van der Waals surface area contributed by atoms with Crippen LogP contribution in [0.15, 0.2) is 23.1 Å². The van der Waals surface area contributed by atoms with E-state index >= 15 is 0 Å². The molecule has 1 aliphatic heterocycles. The lowest BCUT2D eigenvalue weighted by Crippen LogP contribution is -2.42. The summed E-state index contributed by atoms with van der Waals surface area (Å²) >= 11 is 0. The van der Waals surface area contributed by atoms with Crippen molar-refractivity contribution in [3.8, 4) is 0 Å². The van der Waals surface area contributed by atoms with Crippen LogP contribution in [0.4, 0.5) is 4.39 Å². The molecule has 25 heavy (non-hydrogen) atoms. The maximum absolute atomic E-state index is 14.0. The Hall–Kier alpha value is -1.47. The minimum atomic E-state index is -3.74. The van der Waals surface area contributed by atoms with Crippen molar-refractivity contribution in [1.82, 2.24) is 9.62 Å². The van der Waals surface area contributed by atoms with Crippen molar-refractivity contribution >= 4 is 15.9 Å². The topological polar surface area (TPSA) is 66.5 Å². The average Bonchev–Trinajstić information content (AvgIpc) is 2.54. The van der Waals surface area contributed by atoms with Crippen molar-refractivity contribution in [3.63, 3.8) is 0 Å². The van der Waals surface area contributed by atoms with Crippen LogP contribution in [0.3, 0.4) is 0 Å². The summed E-state index contributed by atoms with van der Waals surface area (Å²) in [4.78, 5) is 12.1. The second-order valence-electron chi connectivity index (χ2n) is 7.02. The molecule has 1 aromatic carbocycles. The molecule has 2 rings (SSSR count). The Labute approximate surface area is 149 Å². The summed E-state index contributed by atoms with van der Waals surface area (Å²) in [5, 5.41) is 2.63. The third-order valence-electron chi connectivity index (χ3n) is 4.47. The van der Waals surface area contributed by atoms with E-state index in [4.69, 9.17) is 0 Å². The van der Waals surface area contributed by atoms with Crippen LogP contribution in [0.1, 0.15) is 50.4 Å². The first-order valence-corrected chi connectivity index (χ1v) is 10.3. The van der Waals surface area contributed by atoms with E-state index in [0.717, 1.165) is 31.4 Å². The molecule has 1 N–H and O–H groups in total. The summed E-state index contributed by atoms with van der Waals surface area (Å²) in [7, 11) is -3.74. The number of halogens is 1. The molecule has 1 saturated heterocycles. The Balaban J connectivity index is 2.26. The van der Waals surface area contributed by atoms with E-state index in [1.54, 1.807) is 0 Å². The van der Waals surface area contributed by atoms with E-state index in [0.29, 0.717) is 19.6 Å². The first-order chi connectivity index (χ1) is 11.8. The molecule has 0 saturated carbocycles. The molecule has 0 bridgehead atoms. The van der Waals surface area contributed by atoms with E-state index in [1.165, 1.54) is 10.4 Å². The number of benzene rings is 1. The molecule has 0 aliphatic carbocycles. The summed E-state index contributed by atoms with van der Waals surface area (Å²) in [6.07, 6.45) is 2.68. The Morgan fingerprint density at radius 1 is 1.28 bits per heavy atom. The lowest BCUT2D eigenvalue weighted by Gasteiger charge is -2.34. The molecule has 1 heterocycles. The number of piperidine rings is 1. The number of sulfonamides is 1. The summed E-state index contributed by atoms with van der Waals surface area (Å²) in [5.41, 5.74) is -0.227. The number of amides is 1. The third kappa shape index (κ3) is 4.79. The fraction of sp³-hybridized carbons (Fsp3) is 0.611. The second kappa shape index (κ2) is 8.27. The fourth-order valence-electron chi connectivity index (χ4n) is 3.26. The molecule has 0 radical (unpaired) electrons. The van der Waals surface area contributed by atoms with E-state index in [2.05, 4.69) is 5.32 Å². The predicted octanol–water partition coefficient (Wildman–Crippen LogP) is 3.02. The molecular weight excluding hydrogens is 343 g/mol. The standard InChI is InChI=1S/C18H27FN2O3S/c1-4-5-8-20-18(22)16-10-15(6-7-17(16)19)25(23,24)21-11-13(2)9-14(3)12-21/h6-7,10,13-14H,4-5,8-9,11-12H2,1-3H3,(H,20,22). The monoisotopic (exact) mass is 370 g/mol. The smallest absolute Gasteiger partial charge is 0.254 e. The van der Waals surface area contributed by atoms with Gasteiger partial charge in [0.15, 0.2) is 0 Å². The number of carbonyl (C=O) groups is 1. The van der Waals surface area contributed by atoms with Crippen LogP contribution in [-0.2, 0) is 10.0 Å². The molecule has 7 heteroatoms. The molecule has 0 aromatic heterocycles. The van der Waals surface area contributed by atoms with Gasteiger partial charge in [-0.3, -0.25) is 4.79 Å². The third-order valence-corrected chi connectivity index (χ3v) is 6.30. The van der Waals surface area contributed by atoms with Gasteiger partial charge in [0.1, 0.15) is 5.82 Å². The van der Waals surface area contributed by atoms with Gasteiger partial charge >= 0.3 is 0 Å². The van der Waals surface area contributed by atoms with E-state index in [-0.39, 0.29) is 22.3 Å². The highest BCUT2D eigenvalue weighted by Crippen LogP contribution is 2.27. The van der Waals surface area contributed by atoms with Gasteiger partial charge in [0.05, 0.1) is 10.5 Å². The van der Waals surface area contributed by atoms with Crippen LogP contribution in [-0.4, -0.2) is 38.3 Å². The number of carbonyl (C=O) groups excluding carboxylic acids is 1. The van der Waals surface area contributed by atoms with Gasteiger partial charge in [-0.1, -0.05) is 27.2 Å². The van der Waals surface area contributed by atoms with E-state index < -0.39 is 21.7 Å². The van der Waals surface area contributed by atoms with Crippen LogP contribution in [0.5, 0.6) is 0 Å². The van der Waals surface area contributed by atoms with Gasteiger partial charge in [-0.05, 0) is 42.9 Å². The number of rotatable bonds is 6. The van der Waals surface area contributed by atoms with Crippen molar-refractivity contribution in [2.24, 2.45) is 11.8 Å². The molecule has 5 nitrogen and oxygen atoms in total. The number of unbranched alkanes of at least 4 members (excludes halogenated alkanes) is 1. The minimum absolute atomic E-state index is 0.0316. The zero-order chi connectivity index (χ0) is 18.6. The maximum atomic E-state index is 14.0. The van der Waals surface area contributed by atoms with Crippen LogP contribution in [0.25, 0.3) is 0 Å². The van der Waals surface area contributed by atoms with Crippen LogP contribution < -0.4 is 5.32 Å². The van der Waals surface area contributed by atoms with E-state index in [9.17, 15) is 17.6 Å². The van der Waals surface area contributed by atoms with Gasteiger partial charge in [0.2, 0.25) is 10.0 Å². The molecule has 1 aromatic rings. The Morgan fingerprint density at radius 3 is 2.52 bits per heavy atom. The highest BCUT2D eigenvalue weighted by atomic mass is 32.2. The lowest BCUT2D eigenvalue weighted by atomic mass is 9.94. The number of nitrogens with one attached hydrogen (secondary N) is 1. The van der Waals surface area contributed by atoms with E-state index in [1.807, 2.05) is 20.8 Å². The van der Waals surface area contributed by atoms with Crippen molar-refractivity contribution in [1.29, 1.82) is 0 Å². The highest BCUT2D eigenvalue weighted by Gasteiger charge is 2.32. The number of nitrogens with zero attached hydrogens (tertiary/aromatic N) is 1. The first-order valence-electron chi connectivity index (χ1n) is 8.83. The van der Waals surface area contributed by atoms with Crippen molar-refractivity contribution in [3.05, 3.63) is 29.6 Å². The zero-order valence-electron chi connectivity index (χ0n) is 15.1. The maximum Gasteiger partial charge on any atom is 0.254 e. The number of hydrogen-bond donors (Lipinski definition) is 1. The lowest BCUT2D eigenvalue weighted by molar-refractivity contribution is 0.0949. The summed E-state index contributed by atoms with van der Waals surface area (Å²) < 4.78 is 41.2. The molecule has 0 spiro atoms. The van der Waals surface area contributed by atoms with Gasteiger partial charge in [-0.15, -0.1) is 0 Å². The fourth-order valence-corrected chi connectivity index (χ4v) is 4.97. The Kier molecular flexibility index (Phi) is 6.57. The molecule has 1 aliphatic rings. The highest BCUT2D eigenvalue weighted by molar-refractivity contribution is 7.89. The molecule has 2 atom stereocenters. The average molecular weight is 370 g/mol. The molecule has 1 amide bonds. The SMILES string of the molecule is CCCCNC(=O)c1cc(S(=O)(=O)N2CC(C)CC(C)C2)ccc1F. The Bertz CT molecular complexity index is 711. The molecule has 140 valence electrons.